The Labute approximate surface area is 227 Å². The minimum absolute atomic E-state index is 0.0620. The highest BCUT2D eigenvalue weighted by Gasteiger charge is 2.30. The Bertz CT molecular complexity index is 1460. The molecule has 4 N–H and O–H groups in total. The maximum absolute atomic E-state index is 14.9. The molecule has 0 atom stereocenters. The van der Waals surface area contributed by atoms with Crippen molar-refractivity contribution in [1.29, 1.82) is 0 Å². The van der Waals surface area contributed by atoms with Crippen molar-refractivity contribution in [3.05, 3.63) is 35.8 Å². The Kier molecular flexibility index (Phi) is 7.66. The van der Waals surface area contributed by atoms with Crippen LogP contribution in [0.3, 0.4) is 0 Å². The SMILES string of the molecule is BC(B)(B)NC(=O)c1nnc(NC(=O)C2CC2)cc1Nc1cc(F)cc(-c2cc(NC(C)=O)n(C)n2)c1OC. The Morgan fingerprint density at radius 2 is 1.79 bits per heavy atom. The largest absolute Gasteiger partial charge is 0.494 e. The van der Waals surface area contributed by atoms with E-state index in [1.807, 2.05) is 23.5 Å². The third kappa shape index (κ3) is 6.75. The van der Waals surface area contributed by atoms with Gasteiger partial charge in [-0.05, 0) is 24.1 Å². The van der Waals surface area contributed by atoms with Crippen molar-refractivity contribution in [2.75, 3.05) is 23.1 Å². The molecule has 4 rings (SSSR count). The molecular formula is C23H28B3FN8O4. The van der Waals surface area contributed by atoms with Gasteiger partial charge in [0, 0.05) is 43.7 Å². The van der Waals surface area contributed by atoms with Crippen molar-refractivity contribution < 1.29 is 23.5 Å². The van der Waals surface area contributed by atoms with E-state index in [1.54, 1.807) is 13.1 Å². The molecule has 1 aromatic carbocycles. The molecule has 0 unspecified atom stereocenters. The number of amides is 3. The molecule has 2 heterocycles. The lowest BCUT2D eigenvalue weighted by Crippen LogP contribution is -2.50. The van der Waals surface area contributed by atoms with Gasteiger partial charge in [-0.3, -0.25) is 19.1 Å². The van der Waals surface area contributed by atoms with E-state index in [2.05, 4.69) is 36.6 Å². The van der Waals surface area contributed by atoms with Crippen LogP contribution in [0.1, 0.15) is 30.3 Å². The summed E-state index contributed by atoms with van der Waals surface area (Å²) >= 11 is 0. The molecule has 1 fully saturated rings. The third-order valence-corrected chi connectivity index (χ3v) is 5.68. The van der Waals surface area contributed by atoms with Gasteiger partial charge in [-0.25, -0.2) is 4.39 Å². The molecule has 200 valence electrons. The smallest absolute Gasteiger partial charge is 0.272 e. The van der Waals surface area contributed by atoms with Crippen molar-refractivity contribution >= 4 is 64.3 Å². The average Bonchev–Trinajstić information content (AvgIpc) is 3.61. The first-order valence-electron chi connectivity index (χ1n) is 12.3. The van der Waals surface area contributed by atoms with Gasteiger partial charge in [0.15, 0.2) is 17.3 Å². The van der Waals surface area contributed by atoms with Crippen molar-refractivity contribution in [2.24, 2.45) is 13.0 Å². The highest BCUT2D eigenvalue weighted by molar-refractivity contribution is 6.60. The molecule has 0 spiro atoms. The van der Waals surface area contributed by atoms with Gasteiger partial charge in [-0.1, -0.05) is 0 Å². The van der Waals surface area contributed by atoms with E-state index in [1.165, 1.54) is 36.9 Å². The number of carbonyl (C=O) groups excluding carboxylic acids is 3. The predicted molar refractivity (Wildman–Crippen MR) is 152 cm³/mol. The number of halogens is 1. The van der Waals surface area contributed by atoms with Crippen LogP contribution < -0.4 is 26.0 Å². The molecule has 1 saturated carbocycles. The first kappa shape index (κ1) is 27.7. The van der Waals surface area contributed by atoms with Crippen molar-refractivity contribution in [3.8, 4) is 17.0 Å². The van der Waals surface area contributed by atoms with Gasteiger partial charge < -0.3 is 26.0 Å². The van der Waals surface area contributed by atoms with Gasteiger partial charge in [0.25, 0.3) is 5.91 Å². The van der Waals surface area contributed by atoms with E-state index < -0.39 is 17.0 Å². The molecule has 2 aromatic heterocycles. The van der Waals surface area contributed by atoms with Crippen molar-refractivity contribution in [3.63, 3.8) is 0 Å². The fourth-order valence-electron chi connectivity index (χ4n) is 3.83. The zero-order chi connectivity index (χ0) is 28.5. The summed E-state index contributed by atoms with van der Waals surface area (Å²) in [5.74, 6) is -0.879. The van der Waals surface area contributed by atoms with E-state index in [9.17, 15) is 18.8 Å². The maximum atomic E-state index is 14.9. The molecule has 0 radical (unpaired) electrons. The van der Waals surface area contributed by atoms with E-state index in [4.69, 9.17) is 4.74 Å². The molecule has 0 bridgehead atoms. The first-order valence-corrected chi connectivity index (χ1v) is 12.3. The zero-order valence-corrected chi connectivity index (χ0v) is 22.6. The van der Waals surface area contributed by atoms with Crippen LogP contribution in [0.15, 0.2) is 24.3 Å². The quantitative estimate of drug-likeness (QED) is 0.265. The first-order chi connectivity index (χ1) is 18.3. The fourth-order valence-corrected chi connectivity index (χ4v) is 3.83. The topological polar surface area (TPSA) is 152 Å². The molecular weight excluding hydrogens is 504 g/mol. The lowest BCUT2D eigenvalue weighted by Gasteiger charge is -2.22. The van der Waals surface area contributed by atoms with Gasteiger partial charge >= 0.3 is 0 Å². The summed E-state index contributed by atoms with van der Waals surface area (Å²) in [6.07, 6.45) is 1.60. The molecule has 3 aromatic rings. The molecule has 0 saturated heterocycles. The van der Waals surface area contributed by atoms with E-state index in [0.29, 0.717) is 17.1 Å². The minimum atomic E-state index is -0.606. The van der Waals surface area contributed by atoms with Crippen LogP contribution in [0.5, 0.6) is 5.75 Å². The molecule has 1 aliphatic carbocycles. The third-order valence-electron chi connectivity index (χ3n) is 5.68. The summed E-state index contributed by atoms with van der Waals surface area (Å²) in [4.78, 5) is 36.9. The lowest BCUT2D eigenvalue weighted by atomic mass is 9.49. The second-order valence-electron chi connectivity index (χ2n) is 10.3. The average molecular weight is 532 g/mol. The van der Waals surface area contributed by atoms with Crippen molar-refractivity contribution in [2.45, 2.75) is 25.0 Å². The zero-order valence-electron chi connectivity index (χ0n) is 22.6. The molecule has 3 amide bonds. The number of benzene rings is 1. The molecule has 0 aliphatic heterocycles. The maximum Gasteiger partial charge on any atom is 0.272 e. The molecule has 1 aliphatic rings. The number of nitrogens with zero attached hydrogens (tertiary/aromatic N) is 4. The summed E-state index contributed by atoms with van der Waals surface area (Å²) in [6.45, 7) is 1.37. The number of ether oxygens (including phenoxy) is 1. The standard InChI is InChI=1S/C23H28B3FN8O4/c1-10(36)28-18-9-14(34-35(18)2)13-6-12(27)7-16(20(13)39-3)29-15-8-17(30-21(37)11-4-5-11)32-33-19(15)22(38)31-23(24,25)26/h6-9,11H,4-5,24-26H2,1-3H3,(H,28,36)(H,31,38)(H2,29,30,32,37). The number of aryl methyl sites for hydroxylation is 1. The normalized spacial score (nSPS) is 12.9. The van der Waals surface area contributed by atoms with E-state index in [0.717, 1.165) is 12.8 Å². The summed E-state index contributed by atoms with van der Waals surface area (Å²) in [7, 11) is 8.51. The molecule has 12 nitrogen and oxygen atoms in total. The number of methoxy groups -OCH3 is 1. The number of hydrogen-bond donors (Lipinski definition) is 4. The predicted octanol–water partition coefficient (Wildman–Crippen LogP) is -0.684. The van der Waals surface area contributed by atoms with E-state index >= 15 is 0 Å². The summed E-state index contributed by atoms with van der Waals surface area (Å²) < 4.78 is 22.0. The number of anilines is 4. The lowest BCUT2D eigenvalue weighted by molar-refractivity contribution is -0.117. The fraction of sp³-hybridized carbons (Fsp3) is 0.304. The number of aromatic nitrogens is 4. The summed E-state index contributed by atoms with van der Waals surface area (Å²) in [5, 5.41) is 23.1. The van der Waals surface area contributed by atoms with Gasteiger partial charge in [0.2, 0.25) is 11.8 Å². The highest BCUT2D eigenvalue weighted by Crippen LogP contribution is 2.40. The summed E-state index contributed by atoms with van der Waals surface area (Å²) in [6, 6.07) is 5.51. The van der Waals surface area contributed by atoms with E-state index in [-0.39, 0.29) is 46.4 Å². The van der Waals surface area contributed by atoms with Crippen LogP contribution >= 0.6 is 0 Å². The number of rotatable bonds is 9. The second-order valence-corrected chi connectivity index (χ2v) is 10.3. The molecule has 39 heavy (non-hydrogen) atoms. The minimum Gasteiger partial charge on any atom is -0.494 e. The van der Waals surface area contributed by atoms with Crippen LogP contribution in [0.25, 0.3) is 11.3 Å². The second kappa shape index (κ2) is 10.8. The number of nitrogens with one attached hydrogen (secondary N) is 4. The Morgan fingerprint density at radius 1 is 1.08 bits per heavy atom. The Hall–Kier alpha value is -4.36. The van der Waals surface area contributed by atoms with Crippen LogP contribution in [-0.2, 0) is 16.6 Å². The highest BCUT2D eigenvalue weighted by atomic mass is 19.1. The van der Waals surface area contributed by atoms with Gasteiger partial charge in [0.1, 0.15) is 35.2 Å². The van der Waals surface area contributed by atoms with Gasteiger partial charge in [-0.2, -0.15) is 5.10 Å². The van der Waals surface area contributed by atoms with Crippen LogP contribution in [-0.4, -0.2) is 73.6 Å². The Morgan fingerprint density at radius 3 is 2.41 bits per heavy atom. The molecule has 16 heteroatoms. The number of carbonyl (C=O) groups is 3. The van der Waals surface area contributed by atoms with Crippen LogP contribution in [0, 0.1) is 11.7 Å². The number of hydrogen-bond acceptors (Lipinski definition) is 8. The van der Waals surface area contributed by atoms with Gasteiger partial charge in [0.05, 0.1) is 24.2 Å². The Balaban J connectivity index is 1.77. The van der Waals surface area contributed by atoms with Crippen LogP contribution in [0.2, 0.25) is 0 Å². The van der Waals surface area contributed by atoms with Crippen molar-refractivity contribution in [1.82, 2.24) is 25.3 Å². The summed E-state index contributed by atoms with van der Waals surface area (Å²) in [5.41, 5.74) is 0.936. The van der Waals surface area contributed by atoms with Gasteiger partial charge in [-0.15, -0.1) is 10.2 Å². The van der Waals surface area contributed by atoms with Crippen LogP contribution in [0.4, 0.5) is 27.4 Å². The monoisotopic (exact) mass is 532 g/mol.